The maximum atomic E-state index is 6.14. The minimum Gasteiger partial charge on any atom is -0.368 e. The van der Waals surface area contributed by atoms with Crippen molar-refractivity contribution in [3.8, 4) is 0 Å². The number of aromatic nitrogens is 2. The van der Waals surface area contributed by atoms with Crippen molar-refractivity contribution < 1.29 is 0 Å². The van der Waals surface area contributed by atoms with Crippen LogP contribution in [-0.4, -0.2) is 16.5 Å². The van der Waals surface area contributed by atoms with Gasteiger partial charge in [0.15, 0.2) is 0 Å². The summed E-state index contributed by atoms with van der Waals surface area (Å²) in [6.07, 6.45) is 8.22. The zero-order chi connectivity index (χ0) is 17.2. The van der Waals surface area contributed by atoms with Crippen LogP contribution in [0.15, 0.2) is 30.3 Å². The second-order valence-corrected chi connectivity index (χ2v) is 7.64. The molecule has 0 bridgehead atoms. The average Bonchev–Trinajstić information content (AvgIpc) is 2.67. The predicted molar refractivity (Wildman–Crippen MR) is 101 cm³/mol. The molecule has 1 aromatic heterocycles. The molecule has 0 saturated heterocycles. The summed E-state index contributed by atoms with van der Waals surface area (Å²) >= 11 is 0. The molecule has 1 aromatic carbocycles. The summed E-state index contributed by atoms with van der Waals surface area (Å²) in [6.45, 7) is 0.812. The van der Waals surface area contributed by atoms with Gasteiger partial charge in [-0.3, -0.25) is 0 Å². The molecule has 1 saturated carbocycles. The second kappa shape index (κ2) is 7.12. The maximum absolute atomic E-state index is 6.14. The number of nitrogens with two attached hydrogens (primary N) is 2. The van der Waals surface area contributed by atoms with Crippen LogP contribution >= 0.6 is 0 Å². The third-order valence-corrected chi connectivity index (χ3v) is 6.11. The minimum atomic E-state index is 0.356. The van der Waals surface area contributed by atoms with Crippen LogP contribution in [-0.2, 0) is 6.42 Å². The van der Waals surface area contributed by atoms with Crippen LogP contribution in [0.3, 0.4) is 0 Å². The Hall–Kier alpha value is -1.94. The Kier molecular flexibility index (Phi) is 4.71. The van der Waals surface area contributed by atoms with E-state index in [9.17, 15) is 0 Å². The fourth-order valence-electron chi connectivity index (χ4n) is 4.72. The van der Waals surface area contributed by atoms with Crippen molar-refractivity contribution in [2.75, 3.05) is 12.3 Å². The van der Waals surface area contributed by atoms with Crippen LogP contribution in [0.2, 0.25) is 0 Å². The van der Waals surface area contributed by atoms with E-state index in [1.54, 1.807) is 0 Å². The van der Waals surface area contributed by atoms with Crippen LogP contribution in [0.4, 0.5) is 5.95 Å². The van der Waals surface area contributed by atoms with Crippen molar-refractivity contribution in [2.45, 2.75) is 56.8 Å². The van der Waals surface area contributed by atoms with Crippen molar-refractivity contribution in [3.63, 3.8) is 0 Å². The van der Waals surface area contributed by atoms with E-state index >= 15 is 0 Å². The standard InChI is InChI=1S/C21H28N4/c22-13-14-9-11-16(12-10-14)19-18-8-4-7-17(15-5-2-1-3-6-15)20(18)25-21(23)24-19/h1-3,5-6,14,16-17H,4,7-13,22H2,(H2,23,24,25). The van der Waals surface area contributed by atoms with Gasteiger partial charge in [0.05, 0.1) is 11.4 Å². The third-order valence-electron chi connectivity index (χ3n) is 6.11. The van der Waals surface area contributed by atoms with Crippen molar-refractivity contribution in [1.29, 1.82) is 0 Å². The first kappa shape index (κ1) is 16.5. The summed E-state index contributed by atoms with van der Waals surface area (Å²) in [4.78, 5) is 9.43. The molecule has 132 valence electrons. The first-order chi connectivity index (χ1) is 12.3. The number of fused-ring (bicyclic) bond motifs is 1. The van der Waals surface area contributed by atoms with Gasteiger partial charge in [0.25, 0.3) is 0 Å². The third kappa shape index (κ3) is 3.28. The predicted octanol–water partition coefficient (Wildman–Crippen LogP) is 3.76. The van der Waals surface area contributed by atoms with Gasteiger partial charge in [0.1, 0.15) is 0 Å². The lowest BCUT2D eigenvalue weighted by Crippen LogP contribution is -2.24. The molecule has 1 heterocycles. The van der Waals surface area contributed by atoms with Crippen molar-refractivity contribution in [2.24, 2.45) is 11.7 Å². The van der Waals surface area contributed by atoms with Gasteiger partial charge >= 0.3 is 0 Å². The molecule has 1 unspecified atom stereocenters. The highest BCUT2D eigenvalue weighted by Crippen LogP contribution is 2.42. The molecule has 1 fully saturated rings. The average molecular weight is 336 g/mol. The van der Waals surface area contributed by atoms with Gasteiger partial charge in [-0.15, -0.1) is 0 Å². The van der Waals surface area contributed by atoms with Crippen LogP contribution in [0.5, 0.6) is 0 Å². The Balaban J connectivity index is 1.70. The van der Waals surface area contributed by atoms with E-state index in [1.807, 2.05) is 0 Å². The normalized spacial score (nSPS) is 26.2. The molecule has 25 heavy (non-hydrogen) atoms. The van der Waals surface area contributed by atoms with Crippen molar-refractivity contribution >= 4 is 5.95 Å². The summed E-state index contributed by atoms with van der Waals surface area (Å²) in [7, 11) is 0. The van der Waals surface area contributed by atoms with Gasteiger partial charge in [0.2, 0.25) is 5.95 Å². The van der Waals surface area contributed by atoms with Gasteiger partial charge in [-0.25, -0.2) is 9.97 Å². The topological polar surface area (TPSA) is 77.8 Å². The molecular weight excluding hydrogens is 308 g/mol. The molecule has 1 atom stereocenters. The zero-order valence-electron chi connectivity index (χ0n) is 14.8. The quantitative estimate of drug-likeness (QED) is 0.894. The Morgan fingerprint density at radius 2 is 1.64 bits per heavy atom. The highest BCUT2D eigenvalue weighted by Gasteiger charge is 2.31. The number of anilines is 1. The first-order valence-electron chi connectivity index (χ1n) is 9.67. The molecule has 2 aliphatic carbocycles. The van der Waals surface area contributed by atoms with Gasteiger partial charge in [-0.05, 0) is 68.5 Å². The maximum Gasteiger partial charge on any atom is 0.220 e. The summed E-state index contributed by atoms with van der Waals surface area (Å²) < 4.78 is 0. The molecule has 2 aliphatic rings. The van der Waals surface area contributed by atoms with Gasteiger partial charge < -0.3 is 11.5 Å². The first-order valence-corrected chi connectivity index (χ1v) is 9.67. The Morgan fingerprint density at radius 3 is 2.36 bits per heavy atom. The van der Waals surface area contributed by atoms with E-state index in [-0.39, 0.29) is 0 Å². The highest BCUT2D eigenvalue weighted by molar-refractivity contribution is 5.42. The molecule has 0 spiro atoms. The molecule has 0 radical (unpaired) electrons. The summed E-state index contributed by atoms with van der Waals surface area (Å²) in [5.74, 6) is 2.01. The van der Waals surface area contributed by atoms with Gasteiger partial charge in [-0.2, -0.15) is 0 Å². The van der Waals surface area contributed by atoms with Crippen LogP contribution in [0.1, 0.15) is 72.9 Å². The van der Waals surface area contributed by atoms with Crippen LogP contribution in [0.25, 0.3) is 0 Å². The number of hydrogen-bond acceptors (Lipinski definition) is 4. The number of hydrogen-bond donors (Lipinski definition) is 2. The fraction of sp³-hybridized carbons (Fsp3) is 0.524. The second-order valence-electron chi connectivity index (χ2n) is 7.64. The fourth-order valence-corrected chi connectivity index (χ4v) is 4.72. The van der Waals surface area contributed by atoms with E-state index in [0.29, 0.717) is 23.7 Å². The Morgan fingerprint density at radius 1 is 0.920 bits per heavy atom. The Bertz CT molecular complexity index is 720. The van der Waals surface area contributed by atoms with E-state index in [1.165, 1.54) is 54.6 Å². The number of nitrogens with zero attached hydrogens (tertiary/aromatic N) is 2. The van der Waals surface area contributed by atoms with Crippen molar-refractivity contribution in [3.05, 3.63) is 52.8 Å². The lowest BCUT2D eigenvalue weighted by Gasteiger charge is -2.32. The van der Waals surface area contributed by atoms with Gasteiger partial charge in [0, 0.05) is 11.8 Å². The molecule has 2 aromatic rings. The summed E-state index contributed by atoms with van der Waals surface area (Å²) in [5.41, 5.74) is 17.1. The largest absolute Gasteiger partial charge is 0.368 e. The van der Waals surface area contributed by atoms with Gasteiger partial charge in [-0.1, -0.05) is 30.3 Å². The van der Waals surface area contributed by atoms with E-state index in [0.717, 1.165) is 19.4 Å². The lowest BCUT2D eigenvalue weighted by atomic mass is 9.75. The highest BCUT2D eigenvalue weighted by atomic mass is 15.0. The summed E-state index contributed by atoms with van der Waals surface area (Å²) in [6, 6.07) is 10.7. The van der Waals surface area contributed by atoms with Crippen LogP contribution in [0, 0.1) is 5.92 Å². The molecule has 0 aliphatic heterocycles. The zero-order valence-corrected chi connectivity index (χ0v) is 14.8. The summed E-state index contributed by atoms with van der Waals surface area (Å²) in [5, 5.41) is 0. The van der Waals surface area contributed by atoms with E-state index in [4.69, 9.17) is 21.4 Å². The SMILES string of the molecule is NCC1CCC(c2nc(N)nc3c2CCCC3c2ccccc2)CC1. The number of rotatable bonds is 3. The monoisotopic (exact) mass is 336 g/mol. The molecule has 4 N–H and O–H groups in total. The van der Waals surface area contributed by atoms with E-state index in [2.05, 4.69) is 30.3 Å². The minimum absolute atomic E-state index is 0.356. The number of benzene rings is 1. The number of nitrogen functional groups attached to an aromatic ring is 1. The molecule has 4 heteroatoms. The van der Waals surface area contributed by atoms with Crippen molar-refractivity contribution in [1.82, 2.24) is 9.97 Å². The molecular formula is C21H28N4. The molecule has 4 rings (SSSR count). The molecule has 4 nitrogen and oxygen atoms in total. The lowest BCUT2D eigenvalue weighted by molar-refractivity contribution is 0.327. The smallest absolute Gasteiger partial charge is 0.220 e. The Labute approximate surface area is 150 Å². The molecule has 0 amide bonds. The van der Waals surface area contributed by atoms with E-state index < -0.39 is 0 Å². The van der Waals surface area contributed by atoms with Crippen LogP contribution < -0.4 is 11.5 Å².